The average molecular weight is 294 g/mol. The van der Waals surface area contributed by atoms with Crippen molar-refractivity contribution in [3.8, 4) is 0 Å². The molecule has 0 aromatic carbocycles. The van der Waals surface area contributed by atoms with Gasteiger partial charge in [-0.25, -0.2) is 0 Å². The molecule has 2 amide bonds. The first-order valence-electron chi connectivity index (χ1n) is 7.40. The molecule has 0 bridgehead atoms. The summed E-state index contributed by atoms with van der Waals surface area (Å²) < 4.78 is 6.89. The van der Waals surface area contributed by atoms with Gasteiger partial charge in [0.2, 0.25) is 5.91 Å². The van der Waals surface area contributed by atoms with Crippen molar-refractivity contribution in [2.24, 2.45) is 0 Å². The van der Waals surface area contributed by atoms with Gasteiger partial charge in [0.15, 0.2) is 0 Å². The fourth-order valence-corrected chi connectivity index (χ4v) is 2.30. The Kier molecular flexibility index (Phi) is 5.32. The summed E-state index contributed by atoms with van der Waals surface area (Å²) in [6.07, 6.45) is 2.74. The molecule has 0 saturated carbocycles. The van der Waals surface area contributed by atoms with E-state index in [1.807, 2.05) is 13.8 Å². The second-order valence-corrected chi connectivity index (χ2v) is 4.93. The van der Waals surface area contributed by atoms with Gasteiger partial charge in [-0.05, 0) is 13.3 Å². The average Bonchev–Trinajstić information content (AvgIpc) is 2.90. The number of morpholine rings is 1. The lowest BCUT2D eigenvalue weighted by atomic mass is 10.2. The van der Waals surface area contributed by atoms with Crippen LogP contribution >= 0.6 is 0 Å². The second kappa shape index (κ2) is 7.21. The molecule has 1 aliphatic heterocycles. The minimum absolute atomic E-state index is 0.0934. The van der Waals surface area contributed by atoms with Gasteiger partial charge in [0, 0.05) is 26.1 Å². The zero-order valence-corrected chi connectivity index (χ0v) is 12.6. The summed E-state index contributed by atoms with van der Waals surface area (Å²) in [5.74, 6) is -0.200. The fraction of sp³-hybridized carbons (Fsp3) is 0.643. The number of carbonyl (C=O) groups is 2. The molecule has 0 unspecified atom stereocenters. The quantitative estimate of drug-likeness (QED) is 0.882. The Bertz CT molecular complexity index is 506. The maximum absolute atomic E-state index is 12.7. The molecule has 1 aliphatic rings. The van der Waals surface area contributed by atoms with Crippen molar-refractivity contribution in [1.82, 2.24) is 14.7 Å². The number of ether oxygens (including phenoxy) is 1. The molecule has 1 N–H and O–H groups in total. The molecule has 7 heteroatoms. The Balaban J connectivity index is 2.20. The minimum atomic E-state index is -0.107. The maximum atomic E-state index is 12.7. The van der Waals surface area contributed by atoms with Gasteiger partial charge in [0.1, 0.15) is 5.69 Å². The summed E-state index contributed by atoms with van der Waals surface area (Å²) in [5, 5.41) is 6.97. The third kappa shape index (κ3) is 3.60. The van der Waals surface area contributed by atoms with E-state index in [0.29, 0.717) is 50.7 Å². The van der Waals surface area contributed by atoms with Crippen LogP contribution in [0.25, 0.3) is 0 Å². The number of hydrogen-bond donors (Lipinski definition) is 1. The van der Waals surface area contributed by atoms with E-state index in [1.165, 1.54) is 0 Å². The zero-order valence-electron chi connectivity index (χ0n) is 12.6. The Morgan fingerprint density at radius 2 is 2.05 bits per heavy atom. The van der Waals surface area contributed by atoms with Crippen molar-refractivity contribution >= 4 is 17.5 Å². The molecule has 7 nitrogen and oxygen atoms in total. The van der Waals surface area contributed by atoms with Gasteiger partial charge in [-0.1, -0.05) is 6.92 Å². The molecule has 0 spiro atoms. The Hall–Kier alpha value is -1.89. The molecule has 2 rings (SSSR count). The molecular weight excluding hydrogens is 272 g/mol. The molecule has 0 aliphatic carbocycles. The fourth-order valence-electron chi connectivity index (χ4n) is 2.30. The number of aryl methyl sites for hydroxylation is 1. The maximum Gasteiger partial charge on any atom is 0.274 e. The molecule has 0 atom stereocenters. The topological polar surface area (TPSA) is 76.5 Å². The summed E-state index contributed by atoms with van der Waals surface area (Å²) >= 11 is 0. The Labute approximate surface area is 124 Å². The van der Waals surface area contributed by atoms with Crippen molar-refractivity contribution < 1.29 is 14.3 Å². The van der Waals surface area contributed by atoms with E-state index in [9.17, 15) is 9.59 Å². The molecule has 1 aromatic rings. The first kappa shape index (κ1) is 15.5. The van der Waals surface area contributed by atoms with Gasteiger partial charge in [0.05, 0.1) is 25.1 Å². The molecular formula is C14H22N4O3. The van der Waals surface area contributed by atoms with E-state index >= 15 is 0 Å². The number of hydrogen-bond acceptors (Lipinski definition) is 4. The van der Waals surface area contributed by atoms with Crippen LogP contribution in [0.3, 0.4) is 0 Å². The number of nitrogens with zero attached hydrogens (tertiary/aromatic N) is 3. The van der Waals surface area contributed by atoms with Crippen LogP contribution in [0, 0.1) is 0 Å². The zero-order chi connectivity index (χ0) is 15.2. The first-order valence-corrected chi connectivity index (χ1v) is 7.40. The summed E-state index contributed by atoms with van der Waals surface area (Å²) in [6.45, 7) is 6.66. The van der Waals surface area contributed by atoms with Gasteiger partial charge >= 0.3 is 0 Å². The molecule has 0 radical (unpaired) electrons. The van der Waals surface area contributed by atoms with E-state index in [1.54, 1.807) is 15.8 Å². The molecule has 1 aromatic heterocycles. The summed E-state index contributed by atoms with van der Waals surface area (Å²) in [6, 6.07) is 0. The predicted octanol–water partition coefficient (Wildman–Crippen LogP) is 1.11. The van der Waals surface area contributed by atoms with Crippen molar-refractivity contribution in [2.75, 3.05) is 31.6 Å². The van der Waals surface area contributed by atoms with Crippen LogP contribution in [0.1, 0.15) is 37.2 Å². The van der Waals surface area contributed by atoms with Crippen molar-refractivity contribution in [3.63, 3.8) is 0 Å². The minimum Gasteiger partial charge on any atom is -0.378 e. The van der Waals surface area contributed by atoms with E-state index in [0.717, 1.165) is 6.42 Å². The van der Waals surface area contributed by atoms with Crippen LogP contribution in [0.15, 0.2) is 6.20 Å². The van der Waals surface area contributed by atoms with E-state index in [4.69, 9.17) is 4.74 Å². The number of amides is 2. The molecule has 2 heterocycles. The van der Waals surface area contributed by atoms with Gasteiger partial charge < -0.3 is 15.0 Å². The monoisotopic (exact) mass is 294 g/mol. The van der Waals surface area contributed by atoms with Crippen LogP contribution in [0.2, 0.25) is 0 Å². The summed E-state index contributed by atoms with van der Waals surface area (Å²) in [4.78, 5) is 26.2. The number of rotatable bonds is 5. The Morgan fingerprint density at radius 3 is 2.67 bits per heavy atom. The Morgan fingerprint density at radius 1 is 1.33 bits per heavy atom. The normalized spacial score (nSPS) is 15.0. The molecule has 1 saturated heterocycles. The van der Waals surface area contributed by atoms with Crippen LogP contribution in [0.5, 0.6) is 0 Å². The molecule has 1 fully saturated rings. The highest BCUT2D eigenvalue weighted by Gasteiger charge is 2.25. The first-order chi connectivity index (χ1) is 10.2. The van der Waals surface area contributed by atoms with Gasteiger partial charge in [0.25, 0.3) is 5.91 Å². The van der Waals surface area contributed by atoms with Crippen LogP contribution in [0.4, 0.5) is 5.69 Å². The lowest BCUT2D eigenvalue weighted by Gasteiger charge is -2.27. The van der Waals surface area contributed by atoms with E-state index in [2.05, 4.69) is 10.4 Å². The van der Waals surface area contributed by atoms with E-state index in [-0.39, 0.29) is 11.8 Å². The highest BCUT2D eigenvalue weighted by molar-refractivity contribution is 6.02. The number of carbonyl (C=O) groups excluding carboxylic acids is 2. The third-order valence-corrected chi connectivity index (χ3v) is 3.39. The smallest absolute Gasteiger partial charge is 0.274 e. The highest BCUT2D eigenvalue weighted by Crippen LogP contribution is 2.18. The van der Waals surface area contributed by atoms with Gasteiger partial charge in [-0.3, -0.25) is 14.3 Å². The SMILES string of the molecule is CCCC(=O)Nc1cnn(CC)c1C(=O)N1CCOCC1. The van der Waals surface area contributed by atoms with Crippen LogP contribution in [-0.4, -0.2) is 52.8 Å². The van der Waals surface area contributed by atoms with Crippen LogP contribution < -0.4 is 5.32 Å². The highest BCUT2D eigenvalue weighted by atomic mass is 16.5. The van der Waals surface area contributed by atoms with Crippen molar-refractivity contribution in [2.45, 2.75) is 33.2 Å². The predicted molar refractivity (Wildman–Crippen MR) is 78.2 cm³/mol. The van der Waals surface area contributed by atoms with Gasteiger partial charge in [-0.2, -0.15) is 5.10 Å². The number of anilines is 1. The summed E-state index contributed by atoms with van der Waals surface area (Å²) in [5.41, 5.74) is 0.940. The van der Waals surface area contributed by atoms with Crippen molar-refractivity contribution in [1.29, 1.82) is 0 Å². The van der Waals surface area contributed by atoms with Crippen LogP contribution in [-0.2, 0) is 16.1 Å². The second-order valence-electron chi connectivity index (χ2n) is 4.93. The largest absolute Gasteiger partial charge is 0.378 e. The number of nitrogens with one attached hydrogen (secondary N) is 1. The lowest BCUT2D eigenvalue weighted by molar-refractivity contribution is -0.116. The standard InChI is InChI=1S/C14H22N4O3/c1-3-5-12(19)16-11-10-15-18(4-2)13(11)14(20)17-6-8-21-9-7-17/h10H,3-9H2,1-2H3,(H,16,19). The number of aromatic nitrogens is 2. The molecule has 21 heavy (non-hydrogen) atoms. The third-order valence-electron chi connectivity index (χ3n) is 3.39. The van der Waals surface area contributed by atoms with E-state index < -0.39 is 0 Å². The summed E-state index contributed by atoms with van der Waals surface area (Å²) in [7, 11) is 0. The van der Waals surface area contributed by atoms with Crippen molar-refractivity contribution in [3.05, 3.63) is 11.9 Å². The lowest BCUT2D eigenvalue weighted by Crippen LogP contribution is -2.41. The molecule has 116 valence electrons. The van der Waals surface area contributed by atoms with Gasteiger partial charge in [-0.15, -0.1) is 0 Å².